The van der Waals surface area contributed by atoms with Crippen molar-refractivity contribution in [2.24, 2.45) is 5.84 Å². The van der Waals surface area contributed by atoms with Crippen LogP contribution < -0.4 is 26.6 Å². The van der Waals surface area contributed by atoms with Gasteiger partial charge in [0.1, 0.15) is 5.75 Å². The molecule has 0 amide bonds. The molecule has 9 heteroatoms. The van der Waals surface area contributed by atoms with Crippen molar-refractivity contribution in [1.29, 1.82) is 0 Å². The van der Waals surface area contributed by atoms with Crippen molar-refractivity contribution in [2.45, 2.75) is 6.42 Å². The normalized spacial score (nSPS) is 15.4. The van der Waals surface area contributed by atoms with Gasteiger partial charge in [-0.2, -0.15) is 4.98 Å². The lowest BCUT2D eigenvalue weighted by atomic mass is 10.3. The van der Waals surface area contributed by atoms with Gasteiger partial charge in [-0.3, -0.25) is 5.01 Å². The van der Waals surface area contributed by atoms with Gasteiger partial charge < -0.3 is 25.6 Å². The van der Waals surface area contributed by atoms with E-state index < -0.39 is 0 Å². The largest absolute Gasteiger partial charge is 0.497 e. The molecule has 28 heavy (non-hydrogen) atoms. The Bertz CT molecular complexity index is 746. The number of hydrazine groups is 1. The molecule has 152 valence electrons. The monoisotopic (exact) mass is 386 g/mol. The summed E-state index contributed by atoms with van der Waals surface area (Å²) in [7, 11) is 3.79. The molecule has 1 fully saturated rings. The number of benzene rings is 1. The summed E-state index contributed by atoms with van der Waals surface area (Å²) in [6, 6.07) is 7.38. The second kappa shape index (κ2) is 9.54. The summed E-state index contributed by atoms with van der Waals surface area (Å²) < 4.78 is 5.18. The summed E-state index contributed by atoms with van der Waals surface area (Å²) >= 11 is 0. The predicted molar refractivity (Wildman–Crippen MR) is 113 cm³/mol. The highest BCUT2D eigenvalue weighted by Gasteiger charge is 2.14. The smallest absolute Gasteiger partial charge is 0.224 e. The first kappa shape index (κ1) is 20.1. The highest BCUT2D eigenvalue weighted by Crippen LogP contribution is 2.27. The summed E-state index contributed by atoms with van der Waals surface area (Å²) in [5.74, 6) is 7.96. The minimum Gasteiger partial charge on any atom is -0.497 e. The number of likely N-dealkylation sites (N-methyl/N-ethyl adjacent to an activating group) is 1. The minimum absolute atomic E-state index is 0.418. The molecule has 3 rings (SSSR count). The predicted octanol–water partition coefficient (Wildman–Crippen LogP) is 1.13. The zero-order valence-corrected chi connectivity index (χ0v) is 16.6. The molecule has 0 spiro atoms. The van der Waals surface area contributed by atoms with Crippen molar-refractivity contribution in [3.8, 4) is 5.75 Å². The number of methoxy groups -OCH3 is 1. The van der Waals surface area contributed by atoms with Crippen molar-refractivity contribution < 1.29 is 4.74 Å². The summed E-state index contributed by atoms with van der Waals surface area (Å²) in [6.45, 7) is 6.39. The Balaban J connectivity index is 1.55. The maximum absolute atomic E-state index is 6.22. The van der Waals surface area contributed by atoms with Gasteiger partial charge in [0.15, 0.2) is 5.82 Å². The van der Waals surface area contributed by atoms with Crippen molar-refractivity contribution in [1.82, 2.24) is 19.8 Å². The third-order valence-corrected chi connectivity index (χ3v) is 4.90. The number of nitrogen functional groups attached to an aromatic ring is 1. The Morgan fingerprint density at radius 2 is 1.89 bits per heavy atom. The molecule has 0 unspecified atom stereocenters. The quantitative estimate of drug-likeness (QED) is 0.349. The SMILES string of the molecule is COc1ccc(N(N)c2nc(NCCCN3CCN(C)CC3)ncc2N)cc1. The van der Waals surface area contributed by atoms with E-state index in [9.17, 15) is 0 Å². The number of aromatic nitrogens is 2. The highest BCUT2D eigenvalue weighted by atomic mass is 16.5. The maximum atomic E-state index is 6.22. The molecular weight excluding hydrogens is 356 g/mol. The van der Waals surface area contributed by atoms with Crippen LogP contribution in [0.25, 0.3) is 0 Å². The molecule has 2 aromatic rings. The molecule has 0 atom stereocenters. The molecule has 1 aliphatic heterocycles. The van der Waals surface area contributed by atoms with Crippen LogP contribution in [0.1, 0.15) is 6.42 Å². The number of nitrogens with one attached hydrogen (secondary N) is 1. The number of hydrogen-bond acceptors (Lipinski definition) is 9. The van der Waals surface area contributed by atoms with Crippen molar-refractivity contribution in [3.63, 3.8) is 0 Å². The van der Waals surface area contributed by atoms with Gasteiger partial charge in [-0.25, -0.2) is 10.8 Å². The Hall–Kier alpha value is -2.62. The third-order valence-electron chi connectivity index (χ3n) is 4.90. The summed E-state index contributed by atoms with van der Waals surface area (Å²) in [5, 5.41) is 4.72. The molecule has 0 aliphatic carbocycles. The molecule has 5 N–H and O–H groups in total. The average Bonchev–Trinajstić information content (AvgIpc) is 2.73. The van der Waals surface area contributed by atoms with Crippen LogP contribution in [0.15, 0.2) is 30.5 Å². The summed E-state index contributed by atoms with van der Waals surface area (Å²) in [6.07, 6.45) is 2.60. The van der Waals surface area contributed by atoms with Crippen LogP contribution in [-0.4, -0.2) is 73.2 Å². The number of hydrogen-bond donors (Lipinski definition) is 3. The van der Waals surface area contributed by atoms with Crippen molar-refractivity contribution in [2.75, 3.05) is 69.5 Å². The lowest BCUT2D eigenvalue weighted by Gasteiger charge is -2.32. The van der Waals surface area contributed by atoms with Crippen LogP contribution in [0.5, 0.6) is 5.75 Å². The number of nitrogens with zero attached hydrogens (tertiary/aromatic N) is 5. The first-order valence-electron chi connectivity index (χ1n) is 9.53. The Labute approximate surface area is 166 Å². The van der Waals surface area contributed by atoms with Gasteiger partial charge in [0.2, 0.25) is 5.95 Å². The van der Waals surface area contributed by atoms with E-state index in [0.717, 1.165) is 57.1 Å². The molecule has 0 saturated carbocycles. The Kier molecular flexibility index (Phi) is 6.85. The molecule has 0 radical (unpaired) electrons. The van der Waals surface area contributed by atoms with Gasteiger partial charge in [0, 0.05) is 32.7 Å². The topological polar surface area (TPSA) is 109 Å². The van der Waals surface area contributed by atoms with Crippen LogP contribution in [0.3, 0.4) is 0 Å². The van der Waals surface area contributed by atoms with Gasteiger partial charge in [-0.15, -0.1) is 0 Å². The first-order chi connectivity index (χ1) is 13.6. The zero-order chi connectivity index (χ0) is 19.9. The van der Waals surface area contributed by atoms with E-state index in [1.807, 2.05) is 24.3 Å². The van der Waals surface area contributed by atoms with Crippen LogP contribution in [0, 0.1) is 0 Å². The Morgan fingerprint density at radius 1 is 1.18 bits per heavy atom. The second-order valence-electron chi connectivity index (χ2n) is 6.97. The molecular formula is C19H30N8O. The zero-order valence-electron chi connectivity index (χ0n) is 16.6. The molecule has 2 heterocycles. The van der Waals surface area contributed by atoms with E-state index in [0.29, 0.717) is 17.5 Å². The van der Waals surface area contributed by atoms with E-state index in [1.165, 1.54) is 5.01 Å². The minimum atomic E-state index is 0.418. The fourth-order valence-corrected chi connectivity index (χ4v) is 3.10. The molecule has 1 aromatic heterocycles. The summed E-state index contributed by atoms with van der Waals surface area (Å²) in [5.41, 5.74) is 7.21. The van der Waals surface area contributed by atoms with E-state index in [2.05, 4.69) is 32.1 Å². The van der Waals surface area contributed by atoms with E-state index in [4.69, 9.17) is 16.3 Å². The van der Waals surface area contributed by atoms with Gasteiger partial charge in [0.05, 0.1) is 24.7 Å². The van der Waals surface area contributed by atoms with Gasteiger partial charge in [-0.1, -0.05) is 0 Å². The first-order valence-corrected chi connectivity index (χ1v) is 9.53. The van der Waals surface area contributed by atoms with Crippen molar-refractivity contribution in [3.05, 3.63) is 30.5 Å². The number of rotatable bonds is 8. The molecule has 1 aliphatic rings. The number of nitrogens with two attached hydrogens (primary N) is 2. The summed E-state index contributed by atoms with van der Waals surface area (Å²) in [4.78, 5) is 13.6. The van der Waals surface area contributed by atoms with Crippen LogP contribution in [-0.2, 0) is 0 Å². The van der Waals surface area contributed by atoms with Crippen LogP contribution >= 0.6 is 0 Å². The van der Waals surface area contributed by atoms with Crippen LogP contribution in [0.4, 0.5) is 23.1 Å². The average molecular weight is 387 g/mol. The van der Waals surface area contributed by atoms with E-state index in [1.54, 1.807) is 13.3 Å². The third kappa shape index (κ3) is 5.22. The fraction of sp³-hybridized carbons (Fsp3) is 0.474. The highest BCUT2D eigenvalue weighted by molar-refractivity contribution is 5.70. The van der Waals surface area contributed by atoms with Crippen LogP contribution in [0.2, 0.25) is 0 Å². The molecule has 1 aromatic carbocycles. The number of ether oxygens (including phenoxy) is 1. The molecule has 0 bridgehead atoms. The fourth-order valence-electron chi connectivity index (χ4n) is 3.10. The second-order valence-corrected chi connectivity index (χ2v) is 6.97. The van der Waals surface area contributed by atoms with Gasteiger partial charge >= 0.3 is 0 Å². The van der Waals surface area contributed by atoms with Gasteiger partial charge in [0.25, 0.3) is 0 Å². The van der Waals surface area contributed by atoms with E-state index in [-0.39, 0.29) is 0 Å². The number of anilines is 4. The maximum Gasteiger partial charge on any atom is 0.224 e. The van der Waals surface area contributed by atoms with E-state index >= 15 is 0 Å². The lowest BCUT2D eigenvalue weighted by molar-refractivity contribution is 0.154. The van der Waals surface area contributed by atoms with Gasteiger partial charge in [-0.05, 0) is 44.3 Å². The standard InChI is InChI=1S/C19H30N8O/c1-25-10-12-26(13-11-25)9-3-8-22-19-23-14-17(20)18(24-19)27(21)15-4-6-16(28-2)7-5-15/h4-7,14H,3,8-13,20-21H2,1-2H3,(H,22,23,24). The van der Waals surface area contributed by atoms with Crippen molar-refractivity contribution >= 4 is 23.1 Å². The molecule has 9 nitrogen and oxygen atoms in total. The Morgan fingerprint density at radius 3 is 2.57 bits per heavy atom. The lowest BCUT2D eigenvalue weighted by Crippen LogP contribution is -2.44. The molecule has 1 saturated heterocycles. The number of piperazine rings is 1.